The summed E-state index contributed by atoms with van der Waals surface area (Å²) in [5, 5.41) is 14.7. The van der Waals surface area contributed by atoms with Crippen molar-refractivity contribution in [1.82, 2.24) is 5.32 Å². The first kappa shape index (κ1) is 17.1. The molecule has 0 fully saturated rings. The third kappa shape index (κ3) is 4.80. The van der Waals surface area contributed by atoms with E-state index in [1.807, 2.05) is 26.8 Å². The van der Waals surface area contributed by atoms with Gasteiger partial charge in [-0.15, -0.1) is 0 Å². The highest BCUT2D eigenvalue weighted by atomic mass is 35.5. The Morgan fingerprint density at radius 3 is 2.47 bits per heavy atom. The van der Waals surface area contributed by atoms with Gasteiger partial charge in [0.2, 0.25) is 0 Å². The van der Waals surface area contributed by atoms with E-state index in [1.165, 1.54) is 0 Å². The first-order valence-corrected chi connectivity index (χ1v) is 7.51. The molecule has 108 valence electrons. The average Bonchev–Trinajstić information content (AvgIpc) is 2.33. The molecule has 2 atom stereocenters. The molecule has 2 N–H and O–H groups in total. The second-order valence-electron chi connectivity index (χ2n) is 5.11. The van der Waals surface area contributed by atoms with Crippen LogP contribution in [0, 0.1) is 0 Å². The van der Waals surface area contributed by atoms with E-state index in [9.17, 15) is 5.11 Å². The van der Waals surface area contributed by atoms with Crippen LogP contribution in [0.3, 0.4) is 0 Å². The molecule has 0 saturated heterocycles. The summed E-state index contributed by atoms with van der Waals surface area (Å²) in [5.74, 6) is 0. The highest BCUT2D eigenvalue weighted by Crippen LogP contribution is 2.35. The first-order valence-electron chi connectivity index (χ1n) is 6.37. The van der Waals surface area contributed by atoms with Crippen LogP contribution in [0.25, 0.3) is 0 Å². The summed E-state index contributed by atoms with van der Waals surface area (Å²) in [5.41, 5.74) is 0.162. The molecule has 1 rings (SSSR count). The number of rotatable bonds is 6. The predicted molar refractivity (Wildman–Crippen MR) is 83.4 cm³/mol. The Balaban J connectivity index is 2.74. The smallest absolute Gasteiger partial charge is 0.0781 e. The minimum Gasteiger partial charge on any atom is -0.389 e. The Morgan fingerprint density at radius 2 is 1.89 bits per heavy atom. The zero-order chi connectivity index (χ0) is 14.6. The highest BCUT2D eigenvalue weighted by molar-refractivity contribution is 6.48. The molecule has 0 spiro atoms. The van der Waals surface area contributed by atoms with Gasteiger partial charge in [-0.2, -0.15) is 0 Å². The summed E-state index contributed by atoms with van der Waals surface area (Å²) >= 11 is 18.1. The zero-order valence-corrected chi connectivity index (χ0v) is 13.7. The van der Waals surface area contributed by atoms with Gasteiger partial charge in [-0.25, -0.2) is 0 Å². The molecule has 0 amide bonds. The van der Waals surface area contributed by atoms with E-state index in [0.717, 1.165) is 18.4 Å². The van der Waals surface area contributed by atoms with E-state index in [0.29, 0.717) is 21.6 Å². The molecule has 1 aromatic rings. The van der Waals surface area contributed by atoms with Gasteiger partial charge in [-0.1, -0.05) is 54.2 Å². The van der Waals surface area contributed by atoms with E-state index >= 15 is 0 Å². The van der Waals surface area contributed by atoms with E-state index in [2.05, 4.69) is 5.32 Å². The molecular formula is C14H20Cl3NO. The van der Waals surface area contributed by atoms with Crippen molar-refractivity contribution < 1.29 is 5.11 Å². The third-order valence-corrected chi connectivity index (χ3v) is 4.42. The number of aliphatic hydroxyl groups is 1. The summed E-state index contributed by atoms with van der Waals surface area (Å²) in [6.45, 7) is 6.35. The number of nitrogens with one attached hydrogen (secondary N) is 1. The van der Waals surface area contributed by atoms with Crippen LogP contribution >= 0.6 is 34.8 Å². The molecular weight excluding hydrogens is 305 g/mol. The van der Waals surface area contributed by atoms with Crippen molar-refractivity contribution in [3.8, 4) is 0 Å². The minimum atomic E-state index is -0.717. The van der Waals surface area contributed by atoms with Crippen LogP contribution in [0.1, 0.15) is 45.2 Å². The summed E-state index contributed by atoms with van der Waals surface area (Å²) in [6, 6.07) is 3.57. The molecule has 0 heterocycles. The summed E-state index contributed by atoms with van der Waals surface area (Å²) in [7, 11) is 0. The predicted octanol–water partition coefficient (Wildman–Crippen LogP) is 4.85. The van der Waals surface area contributed by atoms with Gasteiger partial charge < -0.3 is 10.4 Å². The SMILES string of the molecule is CCCC(C)(O)CNC(C)c1ccc(Cl)c(Cl)c1Cl. The number of halogens is 3. The van der Waals surface area contributed by atoms with Gasteiger partial charge in [-0.3, -0.25) is 0 Å². The van der Waals surface area contributed by atoms with E-state index < -0.39 is 5.60 Å². The maximum atomic E-state index is 10.1. The van der Waals surface area contributed by atoms with Crippen LogP contribution in [0.5, 0.6) is 0 Å². The molecule has 5 heteroatoms. The van der Waals surface area contributed by atoms with Crippen molar-refractivity contribution in [3.63, 3.8) is 0 Å². The number of hydrogen-bond acceptors (Lipinski definition) is 2. The fraction of sp³-hybridized carbons (Fsp3) is 0.571. The number of benzene rings is 1. The van der Waals surface area contributed by atoms with Crippen molar-refractivity contribution in [1.29, 1.82) is 0 Å². The Bertz CT molecular complexity index is 435. The maximum absolute atomic E-state index is 10.1. The van der Waals surface area contributed by atoms with Crippen molar-refractivity contribution in [2.75, 3.05) is 6.54 Å². The standard InChI is InChI=1S/C14H20Cl3NO/c1-4-7-14(3,19)8-18-9(2)10-5-6-11(15)13(17)12(10)16/h5-6,9,18-19H,4,7-8H2,1-3H3. The van der Waals surface area contributed by atoms with Gasteiger partial charge in [0.15, 0.2) is 0 Å². The second kappa shape index (κ2) is 7.14. The van der Waals surface area contributed by atoms with Gasteiger partial charge in [0.05, 0.1) is 20.7 Å². The molecule has 0 aliphatic heterocycles. The van der Waals surface area contributed by atoms with E-state index in [4.69, 9.17) is 34.8 Å². The molecule has 2 nitrogen and oxygen atoms in total. The van der Waals surface area contributed by atoms with E-state index in [1.54, 1.807) is 6.07 Å². The largest absolute Gasteiger partial charge is 0.389 e. The monoisotopic (exact) mass is 323 g/mol. The van der Waals surface area contributed by atoms with Gasteiger partial charge in [-0.05, 0) is 31.9 Å². The second-order valence-corrected chi connectivity index (χ2v) is 6.28. The summed E-state index contributed by atoms with van der Waals surface area (Å²) < 4.78 is 0. The van der Waals surface area contributed by atoms with Gasteiger partial charge in [0.25, 0.3) is 0 Å². The zero-order valence-electron chi connectivity index (χ0n) is 11.4. The topological polar surface area (TPSA) is 32.3 Å². The van der Waals surface area contributed by atoms with Crippen LogP contribution in [0.15, 0.2) is 12.1 Å². The lowest BCUT2D eigenvalue weighted by atomic mass is 9.99. The Hall–Kier alpha value is 0.01000. The molecule has 1 aromatic carbocycles. The maximum Gasteiger partial charge on any atom is 0.0781 e. The molecule has 0 bridgehead atoms. The molecule has 0 aliphatic carbocycles. The van der Waals surface area contributed by atoms with Crippen molar-refractivity contribution in [2.45, 2.75) is 45.3 Å². The van der Waals surface area contributed by atoms with Crippen LogP contribution in [0.2, 0.25) is 15.1 Å². The Morgan fingerprint density at radius 1 is 1.26 bits per heavy atom. The quantitative estimate of drug-likeness (QED) is 0.733. The molecule has 2 unspecified atom stereocenters. The summed E-state index contributed by atoms with van der Waals surface area (Å²) in [6.07, 6.45) is 1.69. The van der Waals surface area contributed by atoms with Crippen LogP contribution in [-0.4, -0.2) is 17.3 Å². The van der Waals surface area contributed by atoms with Gasteiger partial charge in [0.1, 0.15) is 0 Å². The van der Waals surface area contributed by atoms with Crippen molar-refractivity contribution >= 4 is 34.8 Å². The fourth-order valence-electron chi connectivity index (χ4n) is 1.99. The third-order valence-electron chi connectivity index (χ3n) is 3.11. The van der Waals surface area contributed by atoms with Crippen LogP contribution in [-0.2, 0) is 0 Å². The van der Waals surface area contributed by atoms with Crippen molar-refractivity contribution in [3.05, 3.63) is 32.8 Å². The fourth-order valence-corrected chi connectivity index (χ4v) is 2.69. The summed E-state index contributed by atoms with van der Waals surface area (Å²) in [4.78, 5) is 0. The molecule has 19 heavy (non-hydrogen) atoms. The molecule has 0 aromatic heterocycles. The minimum absolute atomic E-state index is 0.00871. The molecule has 0 radical (unpaired) electrons. The molecule has 0 saturated carbocycles. The lowest BCUT2D eigenvalue weighted by Crippen LogP contribution is -2.38. The van der Waals surface area contributed by atoms with Crippen LogP contribution < -0.4 is 5.32 Å². The van der Waals surface area contributed by atoms with Crippen molar-refractivity contribution in [2.24, 2.45) is 0 Å². The number of hydrogen-bond donors (Lipinski definition) is 2. The lowest BCUT2D eigenvalue weighted by Gasteiger charge is -2.26. The first-order chi connectivity index (χ1) is 8.78. The van der Waals surface area contributed by atoms with Crippen LogP contribution in [0.4, 0.5) is 0 Å². The van der Waals surface area contributed by atoms with Gasteiger partial charge >= 0.3 is 0 Å². The van der Waals surface area contributed by atoms with Gasteiger partial charge in [0, 0.05) is 12.6 Å². The Labute approximate surface area is 130 Å². The normalized spacial score (nSPS) is 16.2. The highest BCUT2D eigenvalue weighted by Gasteiger charge is 2.21. The molecule has 0 aliphatic rings. The average molecular weight is 325 g/mol. The Kier molecular flexibility index (Phi) is 6.41. The van der Waals surface area contributed by atoms with E-state index in [-0.39, 0.29) is 6.04 Å². The lowest BCUT2D eigenvalue weighted by molar-refractivity contribution is 0.0477.